The number of nitrogens with zero attached hydrogens (tertiary/aromatic N) is 2. The Bertz CT molecular complexity index is 366. The SMILES string of the molecule is CCCNCc1nnc(NC2CCC(C)C2C)o1. The second-order valence-electron chi connectivity index (χ2n) is 5.34. The molecular formula is C13H24N4O. The van der Waals surface area contributed by atoms with Crippen LogP contribution in [-0.2, 0) is 6.54 Å². The first-order chi connectivity index (χ1) is 8.70. The van der Waals surface area contributed by atoms with Crippen LogP contribution in [0.25, 0.3) is 0 Å². The highest BCUT2D eigenvalue weighted by Crippen LogP contribution is 2.32. The van der Waals surface area contributed by atoms with Crippen molar-refractivity contribution < 1.29 is 4.42 Å². The Morgan fingerprint density at radius 2 is 2.11 bits per heavy atom. The van der Waals surface area contributed by atoms with Crippen molar-refractivity contribution in [2.24, 2.45) is 11.8 Å². The molecule has 1 fully saturated rings. The smallest absolute Gasteiger partial charge is 0.315 e. The van der Waals surface area contributed by atoms with E-state index in [4.69, 9.17) is 4.42 Å². The molecule has 0 spiro atoms. The zero-order chi connectivity index (χ0) is 13.0. The van der Waals surface area contributed by atoms with Gasteiger partial charge >= 0.3 is 6.01 Å². The third-order valence-electron chi connectivity index (χ3n) is 3.94. The Morgan fingerprint density at radius 3 is 2.78 bits per heavy atom. The van der Waals surface area contributed by atoms with Crippen LogP contribution in [-0.4, -0.2) is 22.8 Å². The normalized spacial score (nSPS) is 27.6. The number of rotatable bonds is 6. The fraction of sp³-hybridized carbons (Fsp3) is 0.846. The molecule has 1 aliphatic carbocycles. The quantitative estimate of drug-likeness (QED) is 0.761. The average Bonchev–Trinajstić information content (AvgIpc) is 2.92. The number of hydrogen-bond donors (Lipinski definition) is 2. The molecule has 1 aliphatic rings. The van der Waals surface area contributed by atoms with Gasteiger partial charge in [-0.25, -0.2) is 0 Å². The second-order valence-corrected chi connectivity index (χ2v) is 5.34. The molecule has 1 aromatic heterocycles. The van der Waals surface area contributed by atoms with Crippen molar-refractivity contribution in [3.8, 4) is 0 Å². The molecule has 2 rings (SSSR count). The Morgan fingerprint density at radius 1 is 1.28 bits per heavy atom. The maximum atomic E-state index is 5.58. The molecule has 1 heterocycles. The third kappa shape index (κ3) is 3.22. The summed E-state index contributed by atoms with van der Waals surface area (Å²) in [6.07, 6.45) is 3.57. The van der Waals surface area contributed by atoms with E-state index in [2.05, 4.69) is 41.6 Å². The number of aromatic nitrogens is 2. The maximum absolute atomic E-state index is 5.58. The third-order valence-corrected chi connectivity index (χ3v) is 3.94. The van der Waals surface area contributed by atoms with E-state index in [9.17, 15) is 0 Å². The predicted molar refractivity (Wildman–Crippen MR) is 71.3 cm³/mol. The zero-order valence-corrected chi connectivity index (χ0v) is 11.6. The summed E-state index contributed by atoms with van der Waals surface area (Å²) >= 11 is 0. The van der Waals surface area contributed by atoms with E-state index in [1.54, 1.807) is 0 Å². The molecule has 0 bridgehead atoms. The van der Waals surface area contributed by atoms with Crippen molar-refractivity contribution >= 4 is 6.01 Å². The summed E-state index contributed by atoms with van der Waals surface area (Å²) in [7, 11) is 0. The van der Waals surface area contributed by atoms with Crippen molar-refractivity contribution in [2.75, 3.05) is 11.9 Å². The lowest BCUT2D eigenvalue weighted by atomic mass is 9.98. The first-order valence-electron chi connectivity index (χ1n) is 7.00. The van der Waals surface area contributed by atoms with Gasteiger partial charge < -0.3 is 15.1 Å². The van der Waals surface area contributed by atoms with Crippen LogP contribution in [0.5, 0.6) is 0 Å². The molecule has 102 valence electrons. The molecule has 0 radical (unpaired) electrons. The molecule has 0 amide bonds. The van der Waals surface area contributed by atoms with E-state index in [1.165, 1.54) is 12.8 Å². The van der Waals surface area contributed by atoms with E-state index < -0.39 is 0 Å². The fourth-order valence-corrected chi connectivity index (χ4v) is 2.48. The van der Waals surface area contributed by atoms with E-state index >= 15 is 0 Å². The zero-order valence-electron chi connectivity index (χ0n) is 11.6. The summed E-state index contributed by atoms with van der Waals surface area (Å²) in [4.78, 5) is 0. The molecule has 18 heavy (non-hydrogen) atoms. The van der Waals surface area contributed by atoms with Gasteiger partial charge in [-0.05, 0) is 37.6 Å². The lowest BCUT2D eigenvalue weighted by Gasteiger charge is -2.17. The highest BCUT2D eigenvalue weighted by molar-refractivity contribution is 5.21. The van der Waals surface area contributed by atoms with Crippen molar-refractivity contribution in [1.29, 1.82) is 0 Å². The van der Waals surface area contributed by atoms with Gasteiger partial charge in [-0.1, -0.05) is 25.9 Å². The maximum Gasteiger partial charge on any atom is 0.315 e. The van der Waals surface area contributed by atoms with Crippen LogP contribution in [0.15, 0.2) is 4.42 Å². The molecule has 0 aromatic carbocycles. The summed E-state index contributed by atoms with van der Waals surface area (Å²) in [5.74, 6) is 2.10. The van der Waals surface area contributed by atoms with Gasteiger partial charge in [0.2, 0.25) is 5.89 Å². The number of hydrogen-bond acceptors (Lipinski definition) is 5. The molecular weight excluding hydrogens is 228 g/mol. The molecule has 5 nitrogen and oxygen atoms in total. The standard InChI is InChI=1S/C13H24N4O/c1-4-7-14-8-12-16-17-13(18-12)15-11-6-5-9(2)10(11)3/h9-11,14H,4-8H2,1-3H3,(H,15,17). The van der Waals surface area contributed by atoms with Crippen LogP contribution >= 0.6 is 0 Å². The first kappa shape index (κ1) is 13.3. The molecule has 3 unspecified atom stereocenters. The topological polar surface area (TPSA) is 63.0 Å². The van der Waals surface area contributed by atoms with Crippen LogP contribution < -0.4 is 10.6 Å². The largest absolute Gasteiger partial charge is 0.407 e. The Labute approximate surface area is 109 Å². The van der Waals surface area contributed by atoms with Crippen LogP contribution in [0.2, 0.25) is 0 Å². The van der Waals surface area contributed by atoms with Crippen molar-refractivity contribution in [2.45, 2.75) is 52.6 Å². The van der Waals surface area contributed by atoms with Gasteiger partial charge in [0.15, 0.2) is 0 Å². The van der Waals surface area contributed by atoms with E-state index in [0.29, 0.717) is 30.4 Å². The van der Waals surface area contributed by atoms with E-state index in [1.807, 2.05) is 0 Å². The van der Waals surface area contributed by atoms with Crippen molar-refractivity contribution in [3.05, 3.63) is 5.89 Å². The second kappa shape index (κ2) is 6.18. The van der Waals surface area contributed by atoms with Gasteiger partial charge in [-0.15, -0.1) is 5.10 Å². The predicted octanol–water partition coefficient (Wildman–Crippen LogP) is 2.42. The van der Waals surface area contributed by atoms with Gasteiger partial charge in [0.05, 0.1) is 6.54 Å². The van der Waals surface area contributed by atoms with Crippen molar-refractivity contribution in [3.63, 3.8) is 0 Å². The van der Waals surface area contributed by atoms with Crippen LogP contribution in [0.4, 0.5) is 6.01 Å². The Hall–Kier alpha value is -1.10. The highest BCUT2D eigenvalue weighted by Gasteiger charge is 2.30. The summed E-state index contributed by atoms with van der Waals surface area (Å²) in [5, 5.41) is 14.7. The number of anilines is 1. The Balaban J connectivity index is 1.83. The minimum atomic E-state index is 0.469. The summed E-state index contributed by atoms with van der Waals surface area (Å²) in [6.45, 7) is 8.35. The van der Waals surface area contributed by atoms with Gasteiger partial charge in [0, 0.05) is 6.04 Å². The lowest BCUT2D eigenvalue weighted by Crippen LogP contribution is -2.24. The van der Waals surface area contributed by atoms with E-state index in [0.717, 1.165) is 18.9 Å². The summed E-state index contributed by atoms with van der Waals surface area (Å²) in [5.41, 5.74) is 0. The fourth-order valence-electron chi connectivity index (χ4n) is 2.48. The monoisotopic (exact) mass is 252 g/mol. The average molecular weight is 252 g/mol. The van der Waals surface area contributed by atoms with Crippen LogP contribution in [0, 0.1) is 11.8 Å². The molecule has 2 N–H and O–H groups in total. The molecule has 5 heteroatoms. The molecule has 3 atom stereocenters. The van der Waals surface area contributed by atoms with E-state index in [-0.39, 0.29) is 0 Å². The summed E-state index contributed by atoms with van der Waals surface area (Å²) < 4.78 is 5.58. The molecule has 0 aliphatic heterocycles. The van der Waals surface area contributed by atoms with Crippen LogP contribution in [0.3, 0.4) is 0 Å². The minimum absolute atomic E-state index is 0.469. The molecule has 1 saturated carbocycles. The van der Waals surface area contributed by atoms with Gasteiger partial charge in [0.25, 0.3) is 0 Å². The van der Waals surface area contributed by atoms with Gasteiger partial charge in [-0.2, -0.15) is 0 Å². The van der Waals surface area contributed by atoms with Crippen LogP contribution in [0.1, 0.15) is 45.9 Å². The highest BCUT2D eigenvalue weighted by atomic mass is 16.4. The van der Waals surface area contributed by atoms with Gasteiger partial charge in [0.1, 0.15) is 0 Å². The van der Waals surface area contributed by atoms with Crippen molar-refractivity contribution in [1.82, 2.24) is 15.5 Å². The molecule has 0 saturated heterocycles. The Kier molecular flexibility index (Phi) is 4.58. The number of nitrogens with one attached hydrogen (secondary N) is 2. The first-order valence-corrected chi connectivity index (χ1v) is 7.00. The van der Waals surface area contributed by atoms with Gasteiger partial charge in [-0.3, -0.25) is 0 Å². The summed E-state index contributed by atoms with van der Waals surface area (Å²) in [6, 6.07) is 1.03. The molecule has 1 aromatic rings. The minimum Gasteiger partial charge on any atom is -0.407 e. The lowest BCUT2D eigenvalue weighted by molar-refractivity contribution is 0.422.